The molecular formula is C20H28N2O3. The van der Waals surface area contributed by atoms with Crippen molar-refractivity contribution in [2.75, 3.05) is 18.9 Å². The van der Waals surface area contributed by atoms with Crippen LogP contribution in [0.25, 0.3) is 0 Å². The van der Waals surface area contributed by atoms with E-state index in [0.717, 1.165) is 6.54 Å². The van der Waals surface area contributed by atoms with E-state index >= 15 is 0 Å². The summed E-state index contributed by atoms with van der Waals surface area (Å²) in [5.41, 5.74) is 7.00. The minimum absolute atomic E-state index is 0.0817. The zero-order valence-electron chi connectivity index (χ0n) is 15.1. The van der Waals surface area contributed by atoms with Crippen molar-refractivity contribution >= 4 is 5.69 Å². The highest BCUT2D eigenvalue weighted by molar-refractivity contribution is 5.58. The van der Waals surface area contributed by atoms with Gasteiger partial charge in [-0.25, -0.2) is 0 Å². The van der Waals surface area contributed by atoms with E-state index in [9.17, 15) is 10.2 Å². The van der Waals surface area contributed by atoms with E-state index < -0.39 is 6.10 Å². The Hall–Kier alpha value is -2.24. The Morgan fingerprint density at radius 2 is 1.76 bits per heavy atom. The number of aliphatic hydroxyl groups is 1. The fourth-order valence-electron chi connectivity index (χ4n) is 2.53. The van der Waals surface area contributed by atoms with E-state index in [-0.39, 0.29) is 29.3 Å². The topological polar surface area (TPSA) is 79.0 Å². The molecule has 136 valence electrons. The molecule has 2 aromatic carbocycles. The van der Waals surface area contributed by atoms with Crippen LogP contribution in [0.15, 0.2) is 48.5 Å². The third-order valence-corrected chi connectivity index (χ3v) is 4.06. The molecule has 0 radical (unpaired) electrons. The smallest absolute Gasteiger partial charge is 0.181 e. The summed E-state index contributed by atoms with van der Waals surface area (Å²) in [6.07, 6.45) is -0.691. The first-order valence-corrected chi connectivity index (χ1v) is 8.44. The maximum atomic E-state index is 10.4. The quantitative estimate of drug-likeness (QED) is 0.531. The van der Waals surface area contributed by atoms with Crippen molar-refractivity contribution in [1.29, 1.82) is 0 Å². The lowest BCUT2D eigenvalue weighted by atomic mass is 10.0. The number of benzene rings is 2. The Kier molecular flexibility index (Phi) is 6.28. The fraction of sp³-hybridized carbons (Fsp3) is 0.400. The summed E-state index contributed by atoms with van der Waals surface area (Å²) < 4.78 is 5.54. The lowest BCUT2D eigenvalue weighted by Gasteiger charge is -2.37. The van der Waals surface area contributed by atoms with Crippen LogP contribution in [0, 0.1) is 0 Å². The van der Waals surface area contributed by atoms with Gasteiger partial charge in [-0.05, 0) is 38.5 Å². The van der Waals surface area contributed by atoms with Crippen LogP contribution in [0.5, 0.6) is 11.5 Å². The molecule has 1 atom stereocenters. The molecule has 2 aromatic rings. The Bertz CT molecular complexity index is 668. The average molecular weight is 344 g/mol. The molecule has 5 nitrogen and oxygen atoms in total. The Labute approximate surface area is 149 Å². The second-order valence-electron chi connectivity index (χ2n) is 7.20. The van der Waals surface area contributed by atoms with Crippen molar-refractivity contribution < 1.29 is 14.9 Å². The van der Waals surface area contributed by atoms with E-state index in [1.807, 2.05) is 18.2 Å². The molecule has 0 bridgehead atoms. The Morgan fingerprint density at radius 1 is 1.08 bits per heavy atom. The highest BCUT2D eigenvalue weighted by Crippen LogP contribution is 2.31. The zero-order chi connectivity index (χ0) is 18.4. The molecule has 0 aliphatic carbocycles. The van der Waals surface area contributed by atoms with Gasteiger partial charge in [0.05, 0.1) is 5.69 Å². The predicted octanol–water partition coefficient (Wildman–Crippen LogP) is 3.01. The molecule has 0 saturated heterocycles. The first kappa shape index (κ1) is 19.1. The second kappa shape index (κ2) is 8.23. The SMILES string of the molecule is CC(C)(C)N(Cc1ccccc1)CC(O)COc1cccc(N)c1O. The molecule has 0 aliphatic rings. The zero-order valence-corrected chi connectivity index (χ0v) is 15.1. The van der Waals surface area contributed by atoms with Gasteiger partial charge >= 0.3 is 0 Å². The Morgan fingerprint density at radius 3 is 2.40 bits per heavy atom. The number of phenols is 1. The van der Waals surface area contributed by atoms with E-state index in [1.54, 1.807) is 18.2 Å². The summed E-state index contributed by atoms with van der Waals surface area (Å²) in [6.45, 7) is 7.64. The standard InChI is InChI=1S/C20H28N2O3/c1-20(2,3)22(12-15-8-5-4-6-9-15)13-16(23)14-25-18-11-7-10-17(21)19(18)24/h4-11,16,23-24H,12-14,21H2,1-3H3. The van der Waals surface area contributed by atoms with Crippen LogP contribution in [0.1, 0.15) is 26.3 Å². The number of phenolic OH excluding ortho intramolecular Hbond substituents is 1. The van der Waals surface area contributed by atoms with Crippen molar-refractivity contribution in [3.05, 3.63) is 54.1 Å². The van der Waals surface area contributed by atoms with E-state index in [4.69, 9.17) is 10.5 Å². The van der Waals surface area contributed by atoms with Gasteiger partial charge < -0.3 is 20.7 Å². The average Bonchev–Trinajstić information content (AvgIpc) is 2.56. The third kappa shape index (κ3) is 5.66. The number of hydrogen-bond donors (Lipinski definition) is 3. The maximum absolute atomic E-state index is 10.4. The molecule has 0 fully saturated rings. The normalized spacial score (nSPS) is 13.0. The van der Waals surface area contributed by atoms with Crippen molar-refractivity contribution in [1.82, 2.24) is 4.90 Å². The molecule has 0 heterocycles. The number of aliphatic hydroxyl groups excluding tert-OH is 1. The molecule has 0 spiro atoms. The molecule has 0 aromatic heterocycles. The molecule has 25 heavy (non-hydrogen) atoms. The van der Waals surface area contributed by atoms with Gasteiger partial charge in [-0.1, -0.05) is 36.4 Å². The van der Waals surface area contributed by atoms with Gasteiger partial charge in [0.15, 0.2) is 11.5 Å². The summed E-state index contributed by atoms with van der Waals surface area (Å²) in [6, 6.07) is 15.1. The number of para-hydroxylation sites is 1. The van der Waals surface area contributed by atoms with Crippen LogP contribution in [-0.2, 0) is 6.54 Å². The van der Waals surface area contributed by atoms with Crippen LogP contribution >= 0.6 is 0 Å². The largest absolute Gasteiger partial charge is 0.503 e. The summed E-state index contributed by atoms with van der Waals surface area (Å²) in [4.78, 5) is 2.20. The molecule has 0 aliphatic heterocycles. The number of ether oxygens (including phenoxy) is 1. The van der Waals surface area contributed by atoms with Gasteiger partial charge in [0, 0.05) is 18.6 Å². The monoisotopic (exact) mass is 344 g/mol. The van der Waals surface area contributed by atoms with Crippen LogP contribution in [0.2, 0.25) is 0 Å². The number of rotatable bonds is 7. The fourth-order valence-corrected chi connectivity index (χ4v) is 2.53. The van der Waals surface area contributed by atoms with Crippen LogP contribution in [0.3, 0.4) is 0 Å². The van der Waals surface area contributed by atoms with Gasteiger partial charge in [0.2, 0.25) is 0 Å². The van der Waals surface area contributed by atoms with Gasteiger partial charge in [-0.15, -0.1) is 0 Å². The summed E-state index contributed by atoms with van der Waals surface area (Å²) in [5, 5.41) is 20.3. The number of anilines is 1. The molecule has 2 rings (SSSR count). The molecule has 4 N–H and O–H groups in total. The lowest BCUT2D eigenvalue weighted by molar-refractivity contribution is 0.0280. The molecule has 5 heteroatoms. The molecule has 0 saturated carbocycles. The van der Waals surface area contributed by atoms with Crippen molar-refractivity contribution in [2.24, 2.45) is 0 Å². The molecule has 1 unspecified atom stereocenters. The van der Waals surface area contributed by atoms with Crippen LogP contribution in [0.4, 0.5) is 5.69 Å². The van der Waals surface area contributed by atoms with E-state index in [1.165, 1.54) is 5.56 Å². The number of β-amino-alcohol motifs (C(OH)–C–C–N with tert-alkyl or cyclic N) is 1. The van der Waals surface area contributed by atoms with Gasteiger partial charge in [-0.2, -0.15) is 0 Å². The number of nitrogens with two attached hydrogens (primary N) is 1. The lowest BCUT2D eigenvalue weighted by Crippen LogP contribution is -2.46. The highest BCUT2D eigenvalue weighted by Gasteiger charge is 2.24. The minimum atomic E-state index is -0.691. The van der Waals surface area contributed by atoms with E-state index in [2.05, 4.69) is 37.8 Å². The van der Waals surface area contributed by atoms with Gasteiger partial charge in [0.25, 0.3) is 0 Å². The van der Waals surface area contributed by atoms with Crippen LogP contribution < -0.4 is 10.5 Å². The van der Waals surface area contributed by atoms with Crippen molar-refractivity contribution in [2.45, 2.75) is 39.0 Å². The third-order valence-electron chi connectivity index (χ3n) is 4.06. The van der Waals surface area contributed by atoms with Crippen LogP contribution in [-0.4, -0.2) is 39.9 Å². The number of nitrogens with zero attached hydrogens (tertiary/aromatic N) is 1. The van der Waals surface area contributed by atoms with Gasteiger partial charge in [-0.3, -0.25) is 4.90 Å². The summed E-state index contributed by atoms with van der Waals surface area (Å²) >= 11 is 0. The van der Waals surface area contributed by atoms with Crippen molar-refractivity contribution in [3.8, 4) is 11.5 Å². The second-order valence-corrected chi connectivity index (χ2v) is 7.20. The number of aromatic hydroxyl groups is 1. The summed E-state index contributed by atoms with van der Waals surface area (Å²) in [5.74, 6) is 0.191. The van der Waals surface area contributed by atoms with Gasteiger partial charge in [0.1, 0.15) is 12.7 Å². The predicted molar refractivity (Wildman–Crippen MR) is 101 cm³/mol. The number of nitrogen functional groups attached to an aromatic ring is 1. The maximum Gasteiger partial charge on any atom is 0.181 e. The van der Waals surface area contributed by atoms with E-state index in [0.29, 0.717) is 6.54 Å². The highest BCUT2D eigenvalue weighted by atomic mass is 16.5. The minimum Gasteiger partial charge on any atom is -0.503 e. The molecule has 0 amide bonds. The first-order chi connectivity index (χ1) is 11.8. The van der Waals surface area contributed by atoms with Crippen molar-refractivity contribution in [3.63, 3.8) is 0 Å². The summed E-state index contributed by atoms with van der Waals surface area (Å²) in [7, 11) is 0. The first-order valence-electron chi connectivity index (χ1n) is 8.44. The Balaban J connectivity index is 1.97. The number of hydrogen-bond acceptors (Lipinski definition) is 5. The molecular weight excluding hydrogens is 316 g/mol.